The van der Waals surface area contributed by atoms with E-state index in [1.807, 2.05) is 12.1 Å². The Hall–Kier alpha value is -4.13. The van der Waals surface area contributed by atoms with Gasteiger partial charge in [-0.05, 0) is 47.5 Å². The van der Waals surface area contributed by atoms with Crippen molar-refractivity contribution in [2.75, 3.05) is 18.1 Å². The summed E-state index contributed by atoms with van der Waals surface area (Å²) in [4.78, 5) is 23.2. The van der Waals surface area contributed by atoms with E-state index >= 15 is 4.39 Å². The quantitative estimate of drug-likeness (QED) is 0.140. The van der Waals surface area contributed by atoms with Gasteiger partial charge < -0.3 is 9.47 Å². The zero-order chi connectivity index (χ0) is 29.4. The van der Waals surface area contributed by atoms with Crippen LogP contribution in [0.2, 0.25) is 30.7 Å². The summed E-state index contributed by atoms with van der Waals surface area (Å²) >= 11 is 6.19. The number of aromatic nitrogens is 6. The van der Waals surface area contributed by atoms with Gasteiger partial charge >= 0.3 is 6.09 Å². The van der Waals surface area contributed by atoms with Crippen molar-refractivity contribution in [3.8, 4) is 22.5 Å². The lowest BCUT2D eigenvalue weighted by Crippen LogP contribution is -2.28. The Morgan fingerprint density at radius 1 is 1.14 bits per heavy atom. The fourth-order valence-corrected chi connectivity index (χ4v) is 5.67. The lowest BCUT2D eigenvalue weighted by atomic mass is 10.1. The van der Waals surface area contributed by atoms with Gasteiger partial charge in [0.2, 0.25) is 0 Å². The number of carbonyl (C=O) groups is 1. The maximum absolute atomic E-state index is 15.4. The Morgan fingerprint density at radius 2 is 2.00 bits per heavy atom. The predicted molar refractivity (Wildman–Crippen MR) is 160 cm³/mol. The molecule has 5 aromatic rings. The Kier molecular flexibility index (Phi) is 7.52. The highest BCUT2D eigenvalue weighted by Crippen LogP contribution is 2.35. The third kappa shape index (κ3) is 5.78. The van der Waals surface area contributed by atoms with Crippen molar-refractivity contribution in [2.24, 2.45) is 0 Å². The van der Waals surface area contributed by atoms with E-state index in [0.29, 0.717) is 34.2 Å². The molecule has 0 unspecified atom stereocenters. The molecule has 0 radical (unpaired) electrons. The number of anilines is 1. The highest BCUT2D eigenvalue weighted by Gasteiger charge is 2.36. The van der Waals surface area contributed by atoms with Gasteiger partial charge in [-0.3, -0.25) is 4.90 Å². The number of amides is 1. The minimum atomic E-state index is -1.19. The highest BCUT2D eigenvalue weighted by atomic mass is 35.5. The van der Waals surface area contributed by atoms with Crippen molar-refractivity contribution < 1.29 is 18.7 Å². The standard InChI is InChI=1S/C29H29ClFN7O3Si/c1-42(2,3)12-11-40-18-36-17-32-27(35-36)22-8-7-19(14-24(22)31)23-15-33-37-10-9-26(34-28(23)37)38-25(16-41-29(38)39)20-5-4-6-21(30)13-20/h4-10,13-15,17,25H,11-12,16,18H2,1-3H3/t25-/m1/s1. The van der Waals surface area contributed by atoms with E-state index < -0.39 is 26.0 Å². The van der Waals surface area contributed by atoms with Crippen LogP contribution in [0.1, 0.15) is 11.6 Å². The van der Waals surface area contributed by atoms with Crippen molar-refractivity contribution in [2.45, 2.75) is 38.5 Å². The van der Waals surface area contributed by atoms with E-state index in [-0.39, 0.29) is 24.7 Å². The zero-order valence-electron chi connectivity index (χ0n) is 23.4. The molecular formula is C29H29ClFN7O3Si. The van der Waals surface area contributed by atoms with Gasteiger partial charge in [-0.25, -0.2) is 28.4 Å². The topological polar surface area (TPSA) is 99.7 Å². The van der Waals surface area contributed by atoms with E-state index in [9.17, 15) is 4.79 Å². The zero-order valence-corrected chi connectivity index (χ0v) is 25.1. The van der Waals surface area contributed by atoms with Crippen LogP contribution in [0.5, 0.6) is 0 Å². The fraction of sp³-hybridized carbons (Fsp3) is 0.276. The molecule has 1 aliphatic heterocycles. The van der Waals surface area contributed by atoms with Crippen LogP contribution in [0.15, 0.2) is 67.3 Å². The molecule has 0 saturated carbocycles. The van der Waals surface area contributed by atoms with E-state index in [2.05, 4.69) is 34.8 Å². The highest BCUT2D eigenvalue weighted by molar-refractivity contribution is 6.76. The normalized spacial score (nSPS) is 15.5. The summed E-state index contributed by atoms with van der Waals surface area (Å²) in [5.74, 6) is 0.174. The molecule has 3 aromatic heterocycles. The van der Waals surface area contributed by atoms with E-state index in [4.69, 9.17) is 26.1 Å². The van der Waals surface area contributed by atoms with E-state index in [1.165, 1.54) is 17.3 Å². The smallest absolute Gasteiger partial charge is 0.416 e. The number of ether oxygens (including phenoxy) is 2. The second kappa shape index (κ2) is 11.3. The Bertz CT molecular complexity index is 1770. The maximum Gasteiger partial charge on any atom is 0.416 e. The number of nitrogens with zero attached hydrogens (tertiary/aromatic N) is 7. The summed E-state index contributed by atoms with van der Waals surface area (Å²) in [6, 6.07) is 14.4. The Labute approximate surface area is 247 Å². The molecule has 1 fully saturated rings. The number of benzene rings is 2. The van der Waals surface area contributed by atoms with Crippen LogP contribution in [-0.2, 0) is 16.2 Å². The molecule has 0 bridgehead atoms. The molecule has 10 nitrogen and oxygen atoms in total. The third-order valence-corrected chi connectivity index (χ3v) is 8.92. The van der Waals surface area contributed by atoms with E-state index in [1.54, 1.807) is 51.9 Å². The van der Waals surface area contributed by atoms with E-state index in [0.717, 1.165) is 11.6 Å². The number of carbonyl (C=O) groups excluding carboxylic acids is 1. The largest absolute Gasteiger partial charge is 0.447 e. The molecule has 0 spiro atoms. The first-order valence-electron chi connectivity index (χ1n) is 13.5. The molecule has 1 atom stereocenters. The first-order chi connectivity index (χ1) is 20.2. The lowest BCUT2D eigenvalue weighted by molar-refractivity contribution is 0.0784. The van der Waals surface area contributed by atoms with Gasteiger partial charge in [-0.15, -0.1) is 5.10 Å². The number of hydrogen-bond donors (Lipinski definition) is 0. The number of halogens is 2. The minimum absolute atomic E-state index is 0.166. The van der Waals surface area contributed by atoms with Crippen molar-refractivity contribution in [3.05, 3.63) is 83.7 Å². The first-order valence-corrected chi connectivity index (χ1v) is 17.6. The van der Waals surface area contributed by atoms with Gasteiger partial charge in [0.05, 0.1) is 11.8 Å². The summed E-state index contributed by atoms with van der Waals surface area (Å²) in [5.41, 5.74) is 2.73. The minimum Gasteiger partial charge on any atom is -0.447 e. The maximum atomic E-state index is 15.4. The van der Waals surface area contributed by atoms with Crippen LogP contribution in [0.25, 0.3) is 28.2 Å². The van der Waals surface area contributed by atoms with Crippen LogP contribution in [0.3, 0.4) is 0 Å². The summed E-state index contributed by atoms with van der Waals surface area (Å²) < 4.78 is 29.6. The lowest BCUT2D eigenvalue weighted by Gasteiger charge is -2.21. The first kappa shape index (κ1) is 28.0. The monoisotopic (exact) mass is 605 g/mol. The molecule has 1 saturated heterocycles. The number of hydrogen-bond acceptors (Lipinski definition) is 7. The van der Waals surface area contributed by atoms with Crippen LogP contribution < -0.4 is 4.90 Å². The van der Waals surface area contributed by atoms with Gasteiger partial charge in [0.25, 0.3) is 0 Å². The van der Waals surface area contributed by atoms with Gasteiger partial charge in [-0.1, -0.05) is 49.4 Å². The molecule has 0 aliphatic carbocycles. The molecule has 0 N–H and O–H groups in total. The second-order valence-electron chi connectivity index (χ2n) is 11.3. The van der Waals surface area contributed by atoms with Gasteiger partial charge in [-0.2, -0.15) is 5.10 Å². The van der Waals surface area contributed by atoms with Crippen molar-refractivity contribution in [1.82, 2.24) is 29.4 Å². The molecule has 216 valence electrons. The number of rotatable bonds is 9. The Balaban J connectivity index is 1.25. The second-order valence-corrected chi connectivity index (χ2v) is 17.3. The van der Waals surface area contributed by atoms with Gasteiger partial charge in [0.15, 0.2) is 11.5 Å². The summed E-state index contributed by atoms with van der Waals surface area (Å²) in [6.07, 6.45) is 4.34. The van der Waals surface area contributed by atoms with Gasteiger partial charge in [0.1, 0.15) is 37.3 Å². The van der Waals surface area contributed by atoms with Crippen molar-refractivity contribution in [3.63, 3.8) is 0 Å². The van der Waals surface area contributed by atoms with Crippen molar-refractivity contribution in [1.29, 1.82) is 0 Å². The molecule has 1 aliphatic rings. The molecule has 1 amide bonds. The van der Waals surface area contributed by atoms with Crippen LogP contribution in [0.4, 0.5) is 15.0 Å². The number of cyclic esters (lactones) is 1. The molecule has 6 rings (SSSR count). The molecule has 42 heavy (non-hydrogen) atoms. The van der Waals surface area contributed by atoms with Crippen molar-refractivity contribution >= 4 is 37.2 Å². The average molecular weight is 606 g/mol. The summed E-state index contributed by atoms with van der Waals surface area (Å²) in [6.45, 7) is 7.96. The molecule has 13 heteroatoms. The molecule has 4 heterocycles. The summed E-state index contributed by atoms with van der Waals surface area (Å²) in [7, 11) is -1.19. The van der Waals surface area contributed by atoms with Crippen LogP contribution >= 0.6 is 11.6 Å². The SMILES string of the molecule is C[Si](C)(C)CCOCn1cnc(-c2ccc(-c3cnn4ccc(N5C(=O)OC[C@@H]5c5cccc(Cl)c5)nc34)cc2F)n1. The van der Waals surface area contributed by atoms with Gasteiger partial charge in [0, 0.05) is 31.5 Å². The third-order valence-electron chi connectivity index (χ3n) is 6.99. The average Bonchev–Trinajstić information content (AvgIpc) is 3.68. The number of fused-ring (bicyclic) bond motifs is 1. The van der Waals surface area contributed by atoms with Crippen LogP contribution in [-0.4, -0.2) is 56.7 Å². The summed E-state index contributed by atoms with van der Waals surface area (Å²) in [5, 5.41) is 9.32. The molecule has 2 aromatic carbocycles. The predicted octanol–water partition coefficient (Wildman–Crippen LogP) is 6.46. The molecular weight excluding hydrogens is 577 g/mol. The Morgan fingerprint density at radius 3 is 2.79 bits per heavy atom. The van der Waals surface area contributed by atoms with Crippen LogP contribution in [0, 0.1) is 5.82 Å². The fourth-order valence-electron chi connectivity index (χ4n) is 4.71.